The molecule has 0 heterocycles. The third-order valence-electron chi connectivity index (χ3n) is 3.30. The number of sulfonamides is 1. The maximum Gasteiger partial charge on any atom is 0.240 e. The Morgan fingerprint density at radius 2 is 1.54 bits per heavy atom. The predicted octanol–water partition coefficient (Wildman–Crippen LogP) is 2.48. The molecule has 2 aromatic carbocycles. The Morgan fingerprint density at radius 1 is 0.958 bits per heavy atom. The molecule has 2 aromatic rings. The van der Waals surface area contributed by atoms with Gasteiger partial charge in [0.15, 0.2) is 17.5 Å². The molecule has 130 valence electrons. The first-order valence-corrected chi connectivity index (χ1v) is 8.68. The van der Waals surface area contributed by atoms with Gasteiger partial charge in [0.1, 0.15) is 0 Å². The van der Waals surface area contributed by atoms with E-state index in [4.69, 9.17) is 0 Å². The van der Waals surface area contributed by atoms with E-state index in [1.54, 1.807) is 12.1 Å². The Kier molecular flexibility index (Phi) is 5.98. The molecule has 0 atom stereocenters. The SMILES string of the molecule is Cc1ccc(S(=O)(=O)NCCNCc2cc(F)c(F)c(F)c2)cc1. The van der Waals surface area contributed by atoms with Gasteiger partial charge in [0.25, 0.3) is 0 Å². The van der Waals surface area contributed by atoms with Crippen molar-refractivity contribution >= 4 is 10.0 Å². The average molecular weight is 358 g/mol. The fraction of sp³-hybridized carbons (Fsp3) is 0.250. The number of halogens is 3. The smallest absolute Gasteiger partial charge is 0.240 e. The second-order valence-corrected chi connectivity index (χ2v) is 7.03. The summed E-state index contributed by atoms with van der Waals surface area (Å²) < 4.78 is 65.4. The molecule has 0 aliphatic carbocycles. The number of hydrogen-bond donors (Lipinski definition) is 2. The molecule has 0 fully saturated rings. The molecule has 0 bridgehead atoms. The van der Waals surface area contributed by atoms with Crippen LogP contribution in [-0.2, 0) is 16.6 Å². The molecule has 2 rings (SSSR count). The molecular weight excluding hydrogens is 341 g/mol. The van der Waals surface area contributed by atoms with Crippen LogP contribution in [0.3, 0.4) is 0 Å². The maximum atomic E-state index is 13.1. The van der Waals surface area contributed by atoms with Gasteiger partial charge in [-0.25, -0.2) is 26.3 Å². The molecule has 2 N–H and O–H groups in total. The van der Waals surface area contributed by atoms with E-state index in [0.29, 0.717) is 0 Å². The number of rotatable bonds is 7. The van der Waals surface area contributed by atoms with Crippen LogP contribution in [0.1, 0.15) is 11.1 Å². The minimum Gasteiger partial charge on any atom is -0.311 e. The van der Waals surface area contributed by atoms with E-state index < -0.39 is 27.5 Å². The van der Waals surface area contributed by atoms with Crippen LogP contribution in [0.4, 0.5) is 13.2 Å². The first-order chi connectivity index (χ1) is 11.3. The largest absolute Gasteiger partial charge is 0.311 e. The van der Waals surface area contributed by atoms with E-state index in [9.17, 15) is 21.6 Å². The van der Waals surface area contributed by atoms with Crippen LogP contribution in [0.25, 0.3) is 0 Å². The van der Waals surface area contributed by atoms with Gasteiger partial charge in [0.2, 0.25) is 10.0 Å². The molecule has 0 unspecified atom stereocenters. The molecule has 4 nitrogen and oxygen atoms in total. The lowest BCUT2D eigenvalue weighted by molar-refractivity contribution is 0.444. The van der Waals surface area contributed by atoms with E-state index in [2.05, 4.69) is 10.0 Å². The van der Waals surface area contributed by atoms with Gasteiger partial charge in [0.05, 0.1) is 4.90 Å². The van der Waals surface area contributed by atoms with Crippen molar-refractivity contribution in [2.45, 2.75) is 18.4 Å². The van der Waals surface area contributed by atoms with Crippen molar-refractivity contribution < 1.29 is 21.6 Å². The lowest BCUT2D eigenvalue weighted by atomic mass is 10.2. The Morgan fingerprint density at radius 3 is 2.12 bits per heavy atom. The van der Waals surface area contributed by atoms with E-state index in [0.717, 1.165) is 17.7 Å². The van der Waals surface area contributed by atoms with Crippen LogP contribution in [0.2, 0.25) is 0 Å². The number of aryl methyl sites for hydroxylation is 1. The minimum atomic E-state index is -3.60. The zero-order chi connectivity index (χ0) is 17.7. The van der Waals surface area contributed by atoms with Crippen molar-refractivity contribution in [2.75, 3.05) is 13.1 Å². The van der Waals surface area contributed by atoms with Gasteiger partial charge in [-0.15, -0.1) is 0 Å². The lowest BCUT2D eigenvalue weighted by Gasteiger charge is -2.09. The molecule has 8 heteroatoms. The zero-order valence-corrected chi connectivity index (χ0v) is 13.8. The highest BCUT2D eigenvalue weighted by Crippen LogP contribution is 2.13. The standard InChI is InChI=1S/C16H17F3N2O2S/c1-11-2-4-13(5-3-11)24(22,23)21-7-6-20-10-12-8-14(17)16(19)15(18)9-12/h2-5,8-9,20-21H,6-7,10H2,1H3. The van der Waals surface area contributed by atoms with Gasteiger partial charge in [-0.2, -0.15) is 0 Å². The lowest BCUT2D eigenvalue weighted by Crippen LogP contribution is -2.31. The summed E-state index contributed by atoms with van der Waals surface area (Å²) in [6.45, 7) is 2.28. The summed E-state index contributed by atoms with van der Waals surface area (Å²) in [5.41, 5.74) is 1.18. The van der Waals surface area contributed by atoms with Crippen molar-refractivity contribution in [3.8, 4) is 0 Å². The summed E-state index contributed by atoms with van der Waals surface area (Å²) in [5, 5.41) is 2.83. The highest BCUT2D eigenvalue weighted by molar-refractivity contribution is 7.89. The van der Waals surface area contributed by atoms with Gasteiger partial charge in [-0.05, 0) is 36.8 Å². The average Bonchev–Trinajstić information content (AvgIpc) is 2.52. The summed E-state index contributed by atoms with van der Waals surface area (Å²) >= 11 is 0. The van der Waals surface area contributed by atoms with Gasteiger partial charge < -0.3 is 5.32 Å². The van der Waals surface area contributed by atoms with Gasteiger partial charge in [-0.3, -0.25) is 0 Å². The van der Waals surface area contributed by atoms with E-state index >= 15 is 0 Å². The summed E-state index contributed by atoms with van der Waals surface area (Å²) in [6.07, 6.45) is 0. The molecule has 0 amide bonds. The summed E-state index contributed by atoms with van der Waals surface area (Å²) in [7, 11) is -3.60. The highest BCUT2D eigenvalue weighted by Gasteiger charge is 2.13. The van der Waals surface area contributed by atoms with E-state index in [-0.39, 0.29) is 30.1 Å². The summed E-state index contributed by atoms with van der Waals surface area (Å²) in [6, 6.07) is 8.20. The molecule has 0 radical (unpaired) electrons. The molecule has 0 aromatic heterocycles. The number of hydrogen-bond acceptors (Lipinski definition) is 3. The van der Waals surface area contributed by atoms with Gasteiger partial charge in [-0.1, -0.05) is 17.7 Å². The fourth-order valence-electron chi connectivity index (χ4n) is 2.02. The molecular formula is C16H17F3N2O2S. The highest BCUT2D eigenvalue weighted by atomic mass is 32.2. The van der Waals surface area contributed by atoms with Gasteiger partial charge >= 0.3 is 0 Å². The monoisotopic (exact) mass is 358 g/mol. The number of benzene rings is 2. The van der Waals surface area contributed by atoms with Crippen LogP contribution in [0.15, 0.2) is 41.3 Å². The van der Waals surface area contributed by atoms with Crippen molar-refractivity contribution in [1.29, 1.82) is 0 Å². The van der Waals surface area contributed by atoms with Crippen LogP contribution in [-0.4, -0.2) is 21.5 Å². The first kappa shape index (κ1) is 18.4. The van der Waals surface area contributed by atoms with E-state index in [1.165, 1.54) is 12.1 Å². The normalized spacial score (nSPS) is 11.7. The zero-order valence-electron chi connectivity index (χ0n) is 12.9. The molecule has 24 heavy (non-hydrogen) atoms. The Labute approximate surface area is 138 Å². The summed E-state index contributed by atoms with van der Waals surface area (Å²) in [4.78, 5) is 0.163. The van der Waals surface area contributed by atoms with Crippen LogP contribution in [0.5, 0.6) is 0 Å². The van der Waals surface area contributed by atoms with Crippen LogP contribution in [0, 0.1) is 24.4 Å². The molecule has 0 aliphatic rings. The summed E-state index contributed by atoms with van der Waals surface area (Å²) in [5.74, 6) is -4.02. The topological polar surface area (TPSA) is 58.2 Å². The fourth-order valence-corrected chi connectivity index (χ4v) is 3.05. The third-order valence-corrected chi connectivity index (χ3v) is 4.77. The Bertz CT molecular complexity index is 786. The van der Waals surface area contributed by atoms with E-state index in [1.807, 2.05) is 6.92 Å². The van der Waals surface area contributed by atoms with Crippen molar-refractivity contribution in [2.24, 2.45) is 0 Å². The molecule has 0 saturated heterocycles. The Hall–Kier alpha value is -1.90. The van der Waals surface area contributed by atoms with Crippen LogP contribution >= 0.6 is 0 Å². The first-order valence-electron chi connectivity index (χ1n) is 7.20. The Balaban J connectivity index is 1.82. The predicted molar refractivity (Wildman–Crippen MR) is 84.4 cm³/mol. The van der Waals surface area contributed by atoms with Gasteiger partial charge in [0, 0.05) is 19.6 Å². The van der Waals surface area contributed by atoms with Crippen molar-refractivity contribution in [1.82, 2.24) is 10.0 Å². The maximum absolute atomic E-state index is 13.1. The second-order valence-electron chi connectivity index (χ2n) is 5.26. The van der Waals surface area contributed by atoms with Crippen molar-refractivity contribution in [3.63, 3.8) is 0 Å². The minimum absolute atomic E-state index is 0.0837. The van der Waals surface area contributed by atoms with Crippen LogP contribution < -0.4 is 10.0 Å². The molecule has 0 spiro atoms. The molecule has 0 aliphatic heterocycles. The number of nitrogens with one attached hydrogen (secondary N) is 2. The molecule has 0 saturated carbocycles. The quantitative estimate of drug-likeness (QED) is 0.591. The third kappa shape index (κ3) is 4.80. The van der Waals surface area contributed by atoms with Crippen molar-refractivity contribution in [3.05, 3.63) is 65.0 Å². The second kappa shape index (κ2) is 7.78.